The Kier molecular flexibility index (Phi) is 7.97. The first-order chi connectivity index (χ1) is 17.3. The van der Waals surface area contributed by atoms with Gasteiger partial charge in [0.15, 0.2) is 0 Å². The lowest BCUT2D eigenvalue weighted by Gasteiger charge is -2.25. The summed E-state index contributed by atoms with van der Waals surface area (Å²) in [6.07, 6.45) is 1.85. The molecule has 9 nitrogen and oxygen atoms in total. The highest BCUT2D eigenvalue weighted by Crippen LogP contribution is 2.33. The third-order valence-electron chi connectivity index (χ3n) is 6.33. The molecule has 0 saturated heterocycles. The molecule has 0 unspecified atom stereocenters. The molecule has 2 N–H and O–H groups in total. The molecule has 0 radical (unpaired) electrons. The van der Waals surface area contributed by atoms with E-state index in [1.807, 2.05) is 31.2 Å². The summed E-state index contributed by atoms with van der Waals surface area (Å²) in [4.78, 5) is 23.7. The Hall–Kier alpha value is -3.34. The van der Waals surface area contributed by atoms with Crippen molar-refractivity contribution in [2.24, 2.45) is 0 Å². The lowest BCUT2D eigenvalue weighted by molar-refractivity contribution is -0.115. The van der Waals surface area contributed by atoms with Crippen molar-refractivity contribution in [1.82, 2.24) is 19.2 Å². The summed E-state index contributed by atoms with van der Waals surface area (Å²) in [5.74, 6) is 0.253. The predicted molar refractivity (Wildman–Crippen MR) is 142 cm³/mol. The SMILES string of the molecule is CCN(CC)CCN(CC)S(=O)(=O)c1ccc(Nc2ncc3c(n2)-c2ccccc2NC(=O)C3)cc1. The number of aromatic nitrogens is 2. The molecule has 0 atom stereocenters. The average molecular weight is 509 g/mol. The summed E-state index contributed by atoms with van der Waals surface area (Å²) in [7, 11) is -3.60. The van der Waals surface area contributed by atoms with Crippen LogP contribution in [0.5, 0.6) is 0 Å². The lowest BCUT2D eigenvalue weighted by atomic mass is 10.1. The molecular formula is C26H32N6O3S. The third-order valence-corrected chi connectivity index (χ3v) is 8.32. The molecule has 0 spiro atoms. The highest BCUT2D eigenvalue weighted by Gasteiger charge is 2.24. The van der Waals surface area contributed by atoms with E-state index in [4.69, 9.17) is 0 Å². The predicted octanol–water partition coefficient (Wildman–Crippen LogP) is 3.73. The molecule has 1 aliphatic rings. The van der Waals surface area contributed by atoms with Gasteiger partial charge in [-0.15, -0.1) is 0 Å². The van der Waals surface area contributed by atoms with Gasteiger partial charge in [0.1, 0.15) is 0 Å². The Morgan fingerprint density at radius 3 is 2.39 bits per heavy atom. The van der Waals surface area contributed by atoms with E-state index < -0.39 is 10.0 Å². The number of anilines is 3. The largest absolute Gasteiger partial charge is 0.325 e. The topological polar surface area (TPSA) is 108 Å². The normalized spacial score (nSPS) is 13.2. The smallest absolute Gasteiger partial charge is 0.243 e. The molecule has 2 heterocycles. The number of para-hydroxylation sites is 1. The first-order valence-corrected chi connectivity index (χ1v) is 13.6. The molecule has 2 aromatic carbocycles. The van der Waals surface area contributed by atoms with Gasteiger partial charge in [0.2, 0.25) is 21.9 Å². The standard InChI is InChI=1S/C26H32N6O3S/c1-4-31(5-2)15-16-32(6-3)36(34,35)21-13-11-20(12-14-21)28-26-27-18-19-17-24(33)29-23-10-8-7-9-22(23)25(19)30-26/h7-14,18H,4-6,15-17H2,1-3H3,(H,29,33)(H,27,28,30). The number of rotatable bonds is 10. The molecule has 0 saturated carbocycles. The van der Waals surface area contributed by atoms with Crippen LogP contribution in [0.2, 0.25) is 0 Å². The second kappa shape index (κ2) is 11.2. The molecule has 4 rings (SSSR count). The second-order valence-corrected chi connectivity index (χ2v) is 10.4. The van der Waals surface area contributed by atoms with E-state index in [-0.39, 0.29) is 17.2 Å². The summed E-state index contributed by atoms with van der Waals surface area (Å²) in [6.45, 7) is 9.32. The number of hydrogen-bond acceptors (Lipinski definition) is 7. The van der Waals surface area contributed by atoms with Crippen molar-refractivity contribution < 1.29 is 13.2 Å². The maximum Gasteiger partial charge on any atom is 0.243 e. The molecule has 1 aromatic heterocycles. The van der Waals surface area contributed by atoms with Crippen LogP contribution in [0.25, 0.3) is 11.3 Å². The van der Waals surface area contributed by atoms with Gasteiger partial charge in [-0.2, -0.15) is 4.31 Å². The molecule has 36 heavy (non-hydrogen) atoms. The Bertz CT molecular complexity index is 1320. The zero-order valence-electron chi connectivity index (χ0n) is 20.9. The van der Waals surface area contributed by atoms with E-state index in [9.17, 15) is 13.2 Å². The summed E-state index contributed by atoms with van der Waals surface area (Å²) >= 11 is 0. The van der Waals surface area contributed by atoms with Crippen molar-refractivity contribution in [2.45, 2.75) is 32.1 Å². The van der Waals surface area contributed by atoms with Crippen molar-refractivity contribution >= 4 is 33.3 Å². The maximum atomic E-state index is 13.2. The summed E-state index contributed by atoms with van der Waals surface area (Å²) in [5, 5.41) is 6.05. The van der Waals surface area contributed by atoms with Crippen LogP contribution in [0.4, 0.5) is 17.3 Å². The van der Waals surface area contributed by atoms with Crippen LogP contribution in [0.1, 0.15) is 26.3 Å². The number of fused-ring (bicyclic) bond motifs is 3. The van der Waals surface area contributed by atoms with Gasteiger partial charge >= 0.3 is 0 Å². The molecule has 0 aliphatic carbocycles. The molecule has 1 amide bonds. The highest BCUT2D eigenvalue weighted by atomic mass is 32.2. The minimum absolute atomic E-state index is 0.111. The van der Waals surface area contributed by atoms with Crippen LogP contribution in [0, 0.1) is 0 Å². The molecule has 1 aliphatic heterocycles. The van der Waals surface area contributed by atoms with Crippen LogP contribution >= 0.6 is 0 Å². The minimum Gasteiger partial charge on any atom is -0.325 e. The van der Waals surface area contributed by atoms with E-state index in [0.29, 0.717) is 42.7 Å². The van der Waals surface area contributed by atoms with Gasteiger partial charge in [-0.3, -0.25) is 4.79 Å². The summed E-state index contributed by atoms with van der Waals surface area (Å²) < 4.78 is 27.9. The lowest BCUT2D eigenvalue weighted by Crippen LogP contribution is -2.38. The first kappa shape index (κ1) is 25.7. The molecule has 10 heteroatoms. The second-order valence-electron chi connectivity index (χ2n) is 8.51. The van der Waals surface area contributed by atoms with Gasteiger partial charge in [0, 0.05) is 42.6 Å². The van der Waals surface area contributed by atoms with Crippen LogP contribution in [0.3, 0.4) is 0 Å². The van der Waals surface area contributed by atoms with Gasteiger partial charge in [-0.25, -0.2) is 18.4 Å². The van der Waals surface area contributed by atoms with Gasteiger partial charge in [-0.05, 0) is 43.4 Å². The Morgan fingerprint density at radius 2 is 1.69 bits per heavy atom. The molecule has 190 valence electrons. The highest BCUT2D eigenvalue weighted by molar-refractivity contribution is 7.89. The number of hydrogen-bond donors (Lipinski definition) is 2. The minimum atomic E-state index is -3.60. The monoisotopic (exact) mass is 508 g/mol. The van der Waals surface area contributed by atoms with Crippen molar-refractivity contribution in [1.29, 1.82) is 0 Å². The zero-order chi connectivity index (χ0) is 25.7. The Morgan fingerprint density at radius 1 is 0.972 bits per heavy atom. The Balaban J connectivity index is 1.53. The molecule has 0 bridgehead atoms. The quantitative estimate of drug-likeness (QED) is 0.430. The van der Waals surface area contributed by atoms with Crippen molar-refractivity contribution in [3.05, 3.63) is 60.3 Å². The van der Waals surface area contributed by atoms with E-state index in [1.165, 1.54) is 4.31 Å². The average Bonchev–Trinajstić information content (AvgIpc) is 3.02. The number of carbonyl (C=O) groups is 1. The molecule has 3 aromatic rings. The van der Waals surface area contributed by atoms with Gasteiger partial charge in [0.05, 0.1) is 22.7 Å². The van der Waals surface area contributed by atoms with Crippen molar-refractivity contribution in [3.63, 3.8) is 0 Å². The van der Waals surface area contributed by atoms with Crippen LogP contribution < -0.4 is 10.6 Å². The fraction of sp³-hybridized carbons (Fsp3) is 0.346. The maximum absolute atomic E-state index is 13.2. The number of likely N-dealkylation sites (N-methyl/N-ethyl adjacent to an activating group) is 2. The zero-order valence-corrected chi connectivity index (χ0v) is 21.7. The number of amides is 1. The number of benzene rings is 2. The number of sulfonamides is 1. The molecular weight excluding hydrogens is 476 g/mol. The van der Waals surface area contributed by atoms with E-state index in [2.05, 4.69) is 39.3 Å². The van der Waals surface area contributed by atoms with Crippen LogP contribution in [-0.4, -0.2) is 66.2 Å². The summed E-state index contributed by atoms with van der Waals surface area (Å²) in [6, 6.07) is 14.1. The fourth-order valence-corrected chi connectivity index (χ4v) is 5.67. The van der Waals surface area contributed by atoms with Crippen LogP contribution in [0.15, 0.2) is 59.6 Å². The summed E-state index contributed by atoms with van der Waals surface area (Å²) in [5.41, 5.74) is 3.63. The van der Waals surface area contributed by atoms with E-state index >= 15 is 0 Å². The fourth-order valence-electron chi connectivity index (χ4n) is 4.23. The Labute approximate surface area is 212 Å². The first-order valence-electron chi connectivity index (χ1n) is 12.2. The number of nitrogens with one attached hydrogen (secondary N) is 2. The molecule has 0 fully saturated rings. The van der Waals surface area contributed by atoms with Crippen molar-refractivity contribution in [2.75, 3.05) is 43.4 Å². The van der Waals surface area contributed by atoms with E-state index in [0.717, 1.165) is 24.2 Å². The van der Waals surface area contributed by atoms with Gasteiger partial charge in [0.25, 0.3) is 0 Å². The van der Waals surface area contributed by atoms with Gasteiger partial charge in [-0.1, -0.05) is 39.0 Å². The number of carbonyl (C=O) groups excluding carboxylic acids is 1. The number of nitrogens with zero attached hydrogens (tertiary/aromatic N) is 4. The van der Waals surface area contributed by atoms with Crippen molar-refractivity contribution in [3.8, 4) is 11.3 Å². The third kappa shape index (κ3) is 5.56. The van der Waals surface area contributed by atoms with Crippen LogP contribution in [-0.2, 0) is 21.2 Å². The van der Waals surface area contributed by atoms with Gasteiger partial charge < -0.3 is 15.5 Å². The van der Waals surface area contributed by atoms with E-state index in [1.54, 1.807) is 30.5 Å².